The Hall–Kier alpha value is -1.36. The van der Waals surface area contributed by atoms with Crippen LogP contribution in [0.3, 0.4) is 0 Å². The highest BCUT2D eigenvalue weighted by molar-refractivity contribution is 5.39. The lowest BCUT2D eigenvalue weighted by atomic mass is 9.71. The predicted octanol–water partition coefficient (Wildman–Crippen LogP) is 3.18. The van der Waals surface area contributed by atoms with Gasteiger partial charge in [0.1, 0.15) is 0 Å². The van der Waals surface area contributed by atoms with E-state index in [9.17, 15) is 5.11 Å². The molecule has 3 fully saturated rings. The molecule has 1 aromatic rings. The summed E-state index contributed by atoms with van der Waals surface area (Å²) in [5.41, 5.74) is -0.446. The molecule has 2 unspecified atom stereocenters. The van der Waals surface area contributed by atoms with Gasteiger partial charge >= 0.3 is 0 Å². The molecule has 2 heterocycles. The van der Waals surface area contributed by atoms with E-state index in [1.54, 1.807) is 6.20 Å². The normalized spacial score (nSPS) is 31.0. The van der Waals surface area contributed by atoms with Crippen LogP contribution < -0.4 is 9.64 Å². The highest BCUT2D eigenvalue weighted by Crippen LogP contribution is 2.40. The first-order valence-electron chi connectivity index (χ1n) is 9.65. The van der Waals surface area contributed by atoms with E-state index in [1.165, 1.54) is 32.1 Å². The monoisotopic (exact) mass is 331 g/mol. The molecule has 2 saturated carbocycles. The third-order valence-electron chi connectivity index (χ3n) is 6.29. The molecule has 3 aliphatic rings. The number of rotatable bonds is 4. The molecule has 0 bridgehead atoms. The van der Waals surface area contributed by atoms with E-state index in [4.69, 9.17) is 4.74 Å². The largest absolute Gasteiger partial charge is 0.476 e. The minimum absolute atomic E-state index is 0.366. The molecule has 2 aliphatic carbocycles. The fourth-order valence-corrected chi connectivity index (χ4v) is 4.72. The molecule has 0 amide bonds. The van der Waals surface area contributed by atoms with Crippen molar-refractivity contribution >= 4 is 5.82 Å². The van der Waals surface area contributed by atoms with Crippen LogP contribution in [0, 0.1) is 11.8 Å². The maximum atomic E-state index is 10.8. The Morgan fingerprint density at radius 1 is 1.12 bits per heavy atom. The van der Waals surface area contributed by atoms with Crippen LogP contribution in [0.4, 0.5) is 5.82 Å². The van der Waals surface area contributed by atoms with E-state index in [-0.39, 0.29) is 0 Å². The Balaban J connectivity index is 1.39. The molecular formula is C19H29N3O2. The lowest BCUT2D eigenvalue weighted by Crippen LogP contribution is -2.53. The molecule has 132 valence electrons. The van der Waals surface area contributed by atoms with Crippen molar-refractivity contribution in [2.45, 2.75) is 63.4 Å². The highest BCUT2D eigenvalue weighted by atomic mass is 16.5. The number of anilines is 1. The van der Waals surface area contributed by atoms with Crippen molar-refractivity contribution in [3.63, 3.8) is 0 Å². The number of aliphatic hydroxyl groups is 1. The van der Waals surface area contributed by atoms with Gasteiger partial charge in [-0.2, -0.15) is 4.98 Å². The predicted molar refractivity (Wildman–Crippen MR) is 93.2 cm³/mol. The van der Waals surface area contributed by atoms with Gasteiger partial charge in [-0.1, -0.05) is 25.7 Å². The average Bonchev–Trinajstić information content (AvgIpc) is 3.13. The Morgan fingerprint density at radius 2 is 1.96 bits per heavy atom. The average molecular weight is 331 g/mol. The number of aromatic nitrogens is 2. The number of hydrogen-bond donors (Lipinski definition) is 1. The maximum Gasteiger partial charge on any atom is 0.234 e. The van der Waals surface area contributed by atoms with Crippen LogP contribution in [0.15, 0.2) is 12.4 Å². The summed E-state index contributed by atoms with van der Waals surface area (Å²) in [6.45, 7) is 2.51. The van der Waals surface area contributed by atoms with Crippen LogP contribution in [0.1, 0.15) is 57.8 Å². The lowest BCUT2D eigenvalue weighted by molar-refractivity contribution is -0.0613. The zero-order chi connectivity index (χ0) is 16.4. The van der Waals surface area contributed by atoms with Gasteiger partial charge in [0.15, 0.2) is 5.82 Å². The molecule has 1 N–H and O–H groups in total. The van der Waals surface area contributed by atoms with Gasteiger partial charge in [-0.25, -0.2) is 0 Å². The van der Waals surface area contributed by atoms with Crippen molar-refractivity contribution in [2.75, 3.05) is 24.6 Å². The van der Waals surface area contributed by atoms with Crippen molar-refractivity contribution in [2.24, 2.45) is 11.8 Å². The summed E-state index contributed by atoms with van der Waals surface area (Å²) in [5, 5.41) is 10.8. The Kier molecular flexibility index (Phi) is 4.61. The van der Waals surface area contributed by atoms with E-state index in [0.717, 1.165) is 51.2 Å². The first kappa shape index (κ1) is 16.1. The van der Waals surface area contributed by atoms with Gasteiger partial charge in [-0.15, -0.1) is 0 Å². The van der Waals surface area contributed by atoms with Gasteiger partial charge in [0.25, 0.3) is 0 Å². The fraction of sp³-hybridized carbons (Fsp3) is 0.789. The summed E-state index contributed by atoms with van der Waals surface area (Å²) in [6, 6.07) is 0. The second-order valence-corrected chi connectivity index (χ2v) is 7.92. The molecule has 4 rings (SSSR count). The SMILES string of the molecule is OC12CCCCC1CN(c1cncc(OCC3CCCC3)n1)CC2. The Bertz CT molecular complexity index is 561. The van der Waals surface area contributed by atoms with Gasteiger partial charge in [0, 0.05) is 19.0 Å². The maximum absolute atomic E-state index is 10.8. The van der Waals surface area contributed by atoms with Crippen molar-refractivity contribution in [1.29, 1.82) is 0 Å². The van der Waals surface area contributed by atoms with Gasteiger partial charge in [0.05, 0.1) is 24.6 Å². The van der Waals surface area contributed by atoms with Crippen LogP contribution in [0.2, 0.25) is 0 Å². The van der Waals surface area contributed by atoms with Crippen LogP contribution in [0.25, 0.3) is 0 Å². The van der Waals surface area contributed by atoms with E-state index < -0.39 is 5.60 Å². The van der Waals surface area contributed by atoms with Gasteiger partial charge in [-0.05, 0) is 38.0 Å². The quantitative estimate of drug-likeness (QED) is 0.918. The molecule has 1 aliphatic heterocycles. The fourth-order valence-electron chi connectivity index (χ4n) is 4.72. The minimum atomic E-state index is -0.446. The summed E-state index contributed by atoms with van der Waals surface area (Å²) in [5.74, 6) is 2.59. The van der Waals surface area contributed by atoms with Gasteiger partial charge < -0.3 is 14.7 Å². The standard InChI is InChI=1S/C19H29N3O2/c23-19-8-4-3-7-16(19)13-22(10-9-19)17-11-20-12-18(21-17)24-14-15-5-1-2-6-15/h11-12,15-16,23H,1-10,13-14H2. The number of nitrogens with zero attached hydrogens (tertiary/aromatic N) is 3. The third-order valence-corrected chi connectivity index (χ3v) is 6.29. The molecule has 5 nitrogen and oxygen atoms in total. The number of ether oxygens (including phenoxy) is 1. The van der Waals surface area contributed by atoms with Crippen LogP contribution >= 0.6 is 0 Å². The molecule has 0 aromatic carbocycles. The second kappa shape index (κ2) is 6.87. The van der Waals surface area contributed by atoms with Crippen molar-refractivity contribution in [3.8, 4) is 5.88 Å². The molecule has 24 heavy (non-hydrogen) atoms. The molecule has 2 atom stereocenters. The molecule has 1 aromatic heterocycles. The summed E-state index contributed by atoms with van der Waals surface area (Å²) < 4.78 is 5.90. The summed E-state index contributed by atoms with van der Waals surface area (Å²) >= 11 is 0. The Labute approximate surface area is 144 Å². The molecule has 5 heteroatoms. The molecule has 1 saturated heterocycles. The summed E-state index contributed by atoms with van der Waals surface area (Å²) in [6.07, 6.45) is 14.1. The molecule has 0 radical (unpaired) electrons. The second-order valence-electron chi connectivity index (χ2n) is 7.92. The van der Waals surface area contributed by atoms with Gasteiger partial charge in [0.2, 0.25) is 5.88 Å². The number of fused-ring (bicyclic) bond motifs is 1. The topological polar surface area (TPSA) is 58.5 Å². The first-order chi connectivity index (χ1) is 11.7. The number of piperidine rings is 1. The summed E-state index contributed by atoms with van der Waals surface area (Å²) in [7, 11) is 0. The number of hydrogen-bond acceptors (Lipinski definition) is 5. The zero-order valence-electron chi connectivity index (χ0n) is 14.5. The van der Waals surface area contributed by atoms with E-state index in [0.29, 0.717) is 17.7 Å². The van der Waals surface area contributed by atoms with Crippen LogP contribution in [0.5, 0.6) is 5.88 Å². The summed E-state index contributed by atoms with van der Waals surface area (Å²) in [4.78, 5) is 11.3. The van der Waals surface area contributed by atoms with E-state index in [1.807, 2.05) is 6.20 Å². The van der Waals surface area contributed by atoms with Crippen LogP contribution in [-0.2, 0) is 0 Å². The lowest BCUT2D eigenvalue weighted by Gasteiger charge is -2.47. The molecule has 0 spiro atoms. The molecular weight excluding hydrogens is 302 g/mol. The Morgan fingerprint density at radius 3 is 2.83 bits per heavy atom. The third kappa shape index (κ3) is 3.37. The van der Waals surface area contributed by atoms with Crippen molar-refractivity contribution in [1.82, 2.24) is 9.97 Å². The zero-order valence-corrected chi connectivity index (χ0v) is 14.5. The van der Waals surface area contributed by atoms with E-state index >= 15 is 0 Å². The van der Waals surface area contributed by atoms with Crippen LogP contribution in [-0.4, -0.2) is 40.4 Å². The van der Waals surface area contributed by atoms with E-state index in [2.05, 4.69) is 14.9 Å². The van der Waals surface area contributed by atoms with Crippen molar-refractivity contribution < 1.29 is 9.84 Å². The minimum Gasteiger partial charge on any atom is -0.476 e. The smallest absolute Gasteiger partial charge is 0.234 e. The first-order valence-corrected chi connectivity index (χ1v) is 9.65. The van der Waals surface area contributed by atoms with Gasteiger partial charge in [-0.3, -0.25) is 4.98 Å². The van der Waals surface area contributed by atoms with Crippen molar-refractivity contribution in [3.05, 3.63) is 12.4 Å². The highest BCUT2D eigenvalue weighted by Gasteiger charge is 2.43.